The molecule has 0 radical (unpaired) electrons. The Bertz CT molecular complexity index is 771. The van der Waals surface area contributed by atoms with Crippen LogP contribution in [-0.2, 0) is 19.3 Å². The summed E-state index contributed by atoms with van der Waals surface area (Å²) in [6.45, 7) is 7.97. The molecule has 1 saturated heterocycles. The first kappa shape index (κ1) is 20.5. The van der Waals surface area contributed by atoms with Crippen LogP contribution in [0.25, 0.3) is 0 Å². The first-order valence-electron chi connectivity index (χ1n) is 9.61. The third-order valence-corrected chi connectivity index (χ3v) is 6.27. The lowest BCUT2D eigenvalue weighted by molar-refractivity contribution is 0.00578. The van der Waals surface area contributed by atoms with Gasteiger partial charge in [0, 0.05) is 11.2 Å². The molecule has 27 heavy (non-hydrogen) atoms. The van der Waals surface area contributed by atoms with Gasteiger partial charge in [-0.2, -0.15) is 0 Å². The Morgan fingerprint density at radius 2 is 1.67 bits per heavy atom. The Hall–Kier alpha value is -1.25. The molecule has 6 nitrogen and oxygen atoms in total. The standard InChI is InChI=1S/C19H30BNO5S/c1-18(2)19(3,4)26-20(25-18)16-13-14(21-27(5,22)23)11-12-17(16)24-15-9-7-6-8-10-15/h11-13,15,21H,6-10H2,1-5H3. The zero-order chi connectivity index (χ0) is 19.9. The lowest BCUT2D eigenvalue weighted by Crippen LogP contribution is -2.41. The zero-order valence-corrected chi connectivity index (χ0v) is 17.7. The monoisotopic (exact) mass is 395 g/mol. The van der Waals surface area contributed by atoms with Crippen LogP contribution in [0.4, 0.5) is 5.69 Å². The molecular formula is C19H30BNO5S. The Labute approximate surface area is 163 Å². The van der Waals surface area contributed by atoms with Gasteiger partial charge < -0.3 is 14.0 Å². The van der Waals surface area contributed by atoms with E-state index < -0.39 is 28.3 Å². The van der Waals surface area contributed by atoms with Crippen LogP contribution in [0.5, 0.6) is 5.75 Å². The molecule has 0 amide bonds. The van der Waals surface area contributed by atoms with Gasteiger partial charge in [-0.05, 0) is 71.6 Å². The van der Waals surface area contributed by atoms with Crippen LogP contribution in [0.1, 0.15) is 59.8 Å². The Kier molecular flexibility index (Phi) is 5.54. The third-order valence-electron chi connectivity index (χ3n) is 5.67. The number of rotatable bonds is 5. The van der Waals surface area contributed by atoms with Crippen LogP contribution in [0, 0.1) is 0 Å². The van der Waals surface area contributed by atoms with Crippen molar-refractivity contribution in [2.45, 2.75) is 77.1 Å². The van der Waals surface area contributed by atoms with Gasteiger partial charge in [0.25, 0.3) is 0 Å². The molecule has 0 atom stereocenters. The quantitative estimate of drug-likeness (QED) is 0.776. The Morgan fingerprint density at radius 3 is 2.22 bits per heavy atom. The van der Waals surface area contributed by atoms with Crippen LogP contribution < -0.4 is 14.9 Å². The summed E-state index contributed by atoms with van der Waals surface area (Å²) in [5.41, 5.74) is 0.214. The van der Waals surface area contributed by atoms with Gasteiger partial charge in [-0.3, -0.25) is 4.72 Å². The van der Waals surface area contributed by atoms with Crippen LogP contribution in [-0.4, -0.2) is 39.1 Å². The van der Waals surface area contributed by atoms with Crippen molar-refractivity contribution in [3.05, 3.63) is 18.2 Å². The summed E-state index contributed by atoms with van der Waals surface area (Å²) < 4.78 is 44.4. The van der Waals surface area contributed by atoms with Crippen molar-refractivity contribution in [3.63, 3.8) is 0 Å². The van der Waals surface area contributed by atoms with Gasteiger partial charge in [0.2, 0.25) is 10.0 Å². The molecule has 0 unspecified atom stereocenters. The van der Waals surface area contributed by atoms with Crippen LogP contribution >= 0.6 is 0 Å². The predicted molar refractivity (Wildman–Crippen MR) is 108 cm³/mol. The second kappa shape index (κ2) is 7.30. The Morgan fingerprint density at radius 1 is 1.07 bits per heavy atom. The van der Waals surface area contributed by atoms with E-state index in [2.05, 4.69) is 4.72 Å². The highest BCUT2D eigenvalue weighted by Crippen LogP contribution is 2.37. The summed E-state index contributed by atoms with van der Waals surface area (Å²) in [5, 5.41) is 0. The van der Waals surface area contributed by atoms with E-state index in [1.54, 1.807) is 12.1 Å². The summed E-state index contributed by atoms with van der Waals surface area (Å²) in [4.78, 5) is 0. The van der Waals surface area contributed by atoms with Gasteiger partial charge in [0.1, 0.15) is 5.75 Å². The minimum absolute atomic E-state index is 0.175. The first-order chi connectivity index (χ1) is 12.5. The summed E-state index contributed by atoms with van der Waals surface area (Å²) in [6, 6.07) is 5.28. The topological polar surface area (TPSA) is 73.9 Å². The molecule has 2 fully saturated rings. The molecule has 2 aliphatic rings. The normalized spacial score (nSPS) is 22.6. The van der Waals surface area contributed by atoms with E-state index in [-0.39, 0.29) is 6.10 Å². The van der Waals surface area contributed by atoms with Gasteiger partial charge in [-0.25, -0.2) is 8.42 Å². The fourth-order valence-electron chi connectivity index (χ4n) is 3.45. The van der Waals surface area contributed by atoms with Crippen LogP contribution in [0.15, 0.2) is 18.2 Å². The average molecular weight is 395 g/mol. The van der Waals surface area contributed by atoms with Crippen molar-refractivity contribution in [2.75, 3.05) is 11.0 Å². The first-order valence-corrected chi connectivity index (χ1v) is 11.5. The van der Waals surface area contributed by atoms with Crippen molar-refractivity contribution < 1.29 is 22.5 Å². The number of sulfonamides is 1. The number of anilines is 1. The maximum atomic E-state index is 11.6. The smallest absolute Gasteiger partial charge is 0.491 e. The fraction of sp³-hybridized carbons (Fsp3) is 0.684. The molecule has 150 valence electrons. The lowest BCUT2D eigenvalue weighted by atomic mass is 9.78. The largest absolute Gasteiger partial charge is 0.498 e. The van der Waals surface area contributed by atoms with Gasteiger partial charge in [0.05, 0.1) is 23.6 Å². The number of nitrogens with one attached hydrogen (secondary N) is 1. The molecular weight excluding hydrogens is 365 g/mol. The van der Waals surface area contributed by atoms with Crippen LogP contribution in [0.2, 0.25) is 0 Å². The minimum Gasteiger partial charge on any atom is -0.491 e. The summed E-state index contributed by atoms with van der Waals surface area (Å²) in [6.07, 6.45) is 6.97. The number of hydrogen-bond donors (Lipinski definition) is 1. The number of ether oxygens (including phenoxy) is 1. The highest BCUT2D eigenvalue weighted by atomic mass is 32.2. The van der Waals surface area contributed by atoms with Gasteiger partial charge in [0.15, 0.2) is 0 Å². The molecule has 8 heteroatoms. The third kappa shape index (κ3) is 4.79. The summed E-state index contributed by atoms with van der Waals surface area (Å²) >= 11 is 0. The molecule has 1 saturated carbocycles. The SMILES string of the molecule is CC1(C)OB(c2cc(NS(C)(=O)=O)ccc2OC2CCCCC2)OC1(C)C. The van der Waals surface area contributed by atoms with Crippen LogP contribution in [0.3, 0.4) is 0 Å². The van der Waals surface area contributed by atoms with E-state index in [1.807, 2.05) is 33.8 Å². The van der Waals surface area contributed by atoms with Crippen molar-refractivity contribution in [2.24, 2.45) is 0 Å². The van der Waals surface area contributed by atoms with E-state index >= 15 is 0 Å². The molecule has 0 spiro atoms. The van der Waals surface area contributed by atoms with E-state index in [9.17, 15) is 8.42 Å². The van der Waals surface area contributed by atoms with Gasteiger partial charge >= 0.3 is 7.12 Å². The molecule has 0 aromatic heterocycles. The maximum Gasteiger partial charge on any atom is 0.498 e. The molecule has 1 heterocycles. The second-order valence-corrected chi connectivity index (χ2v) is 10.3. The Balaban J connectivity index is 1.93. The predicted octanol–water partition coefficient (Wildman–Crippen LogP) is 3.07. The zero-order valence-electron chi connectivity index (χ0n) is 16.9. The van der Waals surface area contributed by atoms with E-state index in [1.165, 1.54) is 19.3 Å². The fourth-order valence-corrected chi connectivity index (χ4v) is 4.01. The van der Waals surface area contributed by atoms with Gasteiger partial charge in [-0.1, -0.05) is 6.42 Å². The number of benzene rings is 1. The second-order valence-electron chi connectivity index (χ2n) is 8.59. The highest BCUT2D eigenvalue weighted by molar-refractivity contribution is 7.92. The molecule has 1 aromatic carbocycles. The molecule has 1 N–H and O–H groups in total. The molecule has 3 rings (SSSR count). The van der Waals surface area contributed by atoms with E-state index in [0.29, 0.717) is 16.9 Å². The average Bonchev–Trinajstić information content (AvgIpc) is 2.76. The van der Waals surface area contributed by atoms with Gasteiger partial charge in [-0.15, -0.1) is 0 Å². The summed E-state index contributed by atoms with van der Waals surface area (Å²) in [5.74, 6) is 0.694. The van der Waals surface area contributed by atoms with Crippen molar-refractivity contribution in [3.8, 4) is 5.75 Å². The molecule has 1 aliphatic carbocycles. The van der Waals surface area contributed by atoms with E-state index in [4.69, 9.17) is 14.0 Å². The highest BCUT2D eigenvalue weighted by Gasteiger charge is 2.52. The van der Waals surface area contributed by atoms with Crippen molar-refractivity contribution >= 4 is 28.3 Å². The molecule has 1 aliphatic heterocycles. The van der Waals surface area contributed by atoms with Crippen molar-refractivity contribution in [1.29, 1.82) is 0 Å². The minimum atomic E-state index is -3.38. The lowest BCUT2D eigenvalue weighted by Gasteiger charge is -2.32. The molecule has 1 aromatic rings. The maximum absolute atomic E-state index is 11.6. The number of hydrogen-bond acceptors (Lipinski definition) is 5. The summed E-state index contributed by atoms with van der Waals surface area (Å²) in [7, 11) is -3.99. The van der Waals surface area contributed by atoms with E-state index in [0.717, 1.165) is 19.1 Å². The van der Waals surface area contributed by atoms with Crippen molar-refractivity contribution in [1.82, 2.24) is 0 Å². The molecule has 0 bridgehead atoms.